The number of nitrogens with one attached hydrogen (secondary N) is 3. The Morgan fingerprint density at radius 1 is 0.714 bits per heavy atom. The molecule has 0 saturated heterocycles. The third kappa shape index (κ3) is 5.13. The number of methoxy groups -OCH3 is 3. The predicted molar refractivity (Wildman–Crippen MR) is 104 cm³/mol. The molecular weight excluding hydrogens is 366 g/mol. The first-order valence-corrected chi connectivity index (χ1v) is 8.18. The van der Waals surface area contributed by atoms with E-state index in [0.717, 1.165) is 0 Å². The Bertz CT molecular complexity index is 872. The number of anilines is 3. The fourth-order valence-electron chi connectivity index (χ4n) is 2.41. The van der Waals surface area contributed by atoms with Gasteiger partial charge in [-0.05, 0) is 18.2 Å². The minimum absolute atomic E-state index is 0.247. The van der Waals surface area contributed by atoms with Crippen LogP contribution >= 0.6 is 0 Å². The molecule has 0 spiro atoms. The predicted octanol–water partition coefficient (Wildman–Crippen LogP) is 2.25. The highest BCUT2D eigenvalue weighted by Crippen LogP contribution is 2.39. The maximum absolute atomic E-state index is 12.2. The molecule has 0 aliphatic rings. The van der Waals surface area contributed by atoms with Gasteiger partial charge < -0.3 is 30.2 Å². The molecule has 3 N–H and O–H groups in total. The minimum atomic E-state index is -0.890. The Kier molecular flexibility index (Phi) is 6.80. The summed E-state index contributed by atoms with van der Waals surface area (Å²) < 4.78 is 15.6. The lowest BCUT2D eigenvalue weighted by Gasteiger charge is -2.14. The van der Waals surface area contributed by atoms with Crippen LogP contribution in [-0.4, -0.2) is 39.1 Å². The first-order chi connectivity index (χ1) is 13.4. The molecule has 0 bridgehead atoms. The van der Waals surface area contributed by atoms with Crippen LogP contribution in [0.5, 0.6) is 17.2 Å². The summed E-state index contributed by atoms with van der Waals surface area (Å²) in [6.07, 6.45) is 0. The lowest BCUT2D eigenvalue weighted by Crippen LogP contribution is -2.29. The molecule has 28 heavy (non-hydrogen) atoms. The zero-order valence-electron chi connectivity index (χ0n) is 15.9. The van der Waals surface area contributed by atoms with Gasteiger partial charge in [0.05, 0.1) is 21.3 Å². The second-order valence-electron chi connectivity index (χ2n) is 5.58. The second-order valence-corrected chi connectivity index (χ2v) is 5.58. The van der Waals surface area contributed by atoms with E-state index in [4.69, 9.17) is 14.2 Å². The summed E-state index contributed by atoms with van der Waals surface area (Å²) in [7, 11) is 4.34. The van der Waals surface area contributed by atoms with Gasteiger partial charge in [0.15, 0.2) is 11.5 Å². The van der Waals surface area contributed by atoms with Crippen LogP contribution in [0.1, 0.15) is 6.92 Å². The van der Waals surface area contributed by atoms with Crippen molar-refractivity contribution in [1.29, 1.82) is 0 Å². The molecule has 9 heteroatoms. The van der Waals surface area contributed by atoms with E-state index in [1.54, 1.807) is 18.2 Å². The highest BCUT2D eigenvalue weighted by Gasteiger charge is 2.18. The highest BCUT2D eigenvalue weighted by atomic mass is 16.5. The van der Waals surface area contributed by atoms with Gasteiger partial charge in [-0.25, -0.2) is 0 Å². The number of ether oxygens (including phenoxy) is 3. The molecule has 2 aromatic carbocycles. The van der Waals surface area contributed by atoms with Crippen molar-refractivity contribution in [3.05, 3.63) is 36.4 Å². The van der Waals surface area contributed by atoms with Crippen molar-refractivity contribution in [2.24, 2.45) is 0 Å². The van der Waals surface area contributed by atoms with Gasteiger partial charge in [-0.2, -0.15) is 0 Å². The van der Waals surface area contributed by atoms with Crippen LogP contribution in [0.4, 0.5) is 17.1 Å². The number of carbonyl (C=O) groups is 3. The minimum Gasteiger partial charge on any atom is -0.493 e. The van der Waals surface area contributed by atoms with Gasteiger partial charge in [0.2, 0.25) is 11.7 Å². The SMILES string of the molecule is COc1cc(NC(=O)C(=O)Nc2cccc(NC(C)=O)c2)cc(OC)c1OC. The Labute approximate surface area is 162 Å². The van der Waals surface area contributed by atoms with Crippen LogP contribution in [0.25, 0.3) is 0 Å². The standard InChI is InChI=1S/C19H21N3O6/c1-11(23)20-12-6-5-7-13(8-12)21-18(24)19(25)22-14-9-15(26-2)17(28-4)16(10-14)27-3/h5-10H,1-4H3,(H,20,23)(H,21,24)(H,22,25). The summed E-state index contributed by atoms with van der Waals surface area (Å²) >= 11 is 0. The highest BCUT2D eigenvalue weighted by molar-refractivity contribution is 6.43. The molecule has 0 aliphatic heterocycles. The van der Waals surface area contributed by atoms with E-state index in [-0.39, 0.29) is 5.91 Å². The molecule has 0 aromatic heterocycles. The summed E-state index contributed by atoms with van der Waals surface area (Å²) in [6, 6.07) is 9.43. The van der Waals surface area contributed by atoms with Crippen LogP contribution in [0.15, 0.2) is 36.4 Å². The van der Waals surface area contributed by atoms with Crippen molar-refractivity contribution < 1.29 is 28.6 Å². The van der Waals surface area contributed by atoms with Crippen LogP contribution in [0.3, 0.4) is 0 Å². The lowest BCUT2D eigenvalue weighted by molar-refractivity contribution is -0.133. The molecule has 2 rings (SSSR count). The van der Waals surface area contributed by atoms with Crippen molar-refractivity contribution in [3.8, 4) is 17.2 Å². The topological polar surface area (TPSA) is 115 Å². The van der Waals surface area contributed by atoms with E-state index in [1.807, 2.05) is 0 Å². The number of carbonyl (C=O) groups excluding carboxylic acids is 3. The van der Waals surface area contributed by atoms with Gasteiger partial charge in [-0.1, -0.05) is 6.07 Å². The van der Waals surface area contributed by atoms with Crippen molar-refractivity contribution in [3.63, 3.8) is 0 Å². The fourth-order valence-corrected chi connectivity index (χ4v) is 2.41. The van der Waals surface area contributed by atoms with Crippen molar-refractivity contribution in [2.75, 3.05) is 37.3 Å². The summed E-state index contributed by atoms with van der Waals surface area (Å²) in [4.78, 5) is 35.5. The van der Waals surface area contributed by atoms with E-state index in [1.165, 1.54) is 46.5 Å². The Morgan fingerprint density at radius 3 is 1.68 bits per heavy atom. The van der Waals surface area contributed by atoms with E-state index < -0.39 is 11.8 Å². The molecule has 3 amide bonds. The van der Waals surface area contributed by atoms with E-state index in [9.17, 15) is 14.4 Å². The van der Waals surface area contributed by atoms with Crippen molar-refractivity contribution in [2.45, 2.75) is 6.92 Å². The quantitative estimate of drug-likeness (QED) is 0.655. The zero-order valence-corrected chi connectivity index (χ0v) is 15.9. The molecule has 148 valence electrons. The normalized spacial score (nSPS) is 9.86. The van der Waals surface area contributed by atoms with Gasteiger partial charge in [0.1, 0.15) is 0 Å². The van der Waals surface area contributed by atoms with Gasteiger partial charge in [-0.15, -0.1) is 0 Å². The molecule has 0 fully saturated rings. The molecule has 0 atom stereocenters. The Balaban J connectivity index is 2.12. The number of benzene rings is 2. The smallest absolute Gasteiger partial charge is 0.314 e. The number of rotatable bonds is 6. The first-order valence-electron chi connectivity index (χ1n) is 8.18. The Morgan fingerprint density at radius 2 is 1.21 bits per heavy atom. The summed E-state index contributed by atoms with van der Waals surface area (Å²) in [5.74, 6) is -0.986. The zero-order chi connectivity index (χ0) is 20.7. The van der Waals surface area contributed by atoms with Gasteiger partial charge >= 0.3 is 11.8 Å². The van der Waals surface area contributed by atoms with Gasteiger partial charge in [0, 0.05) is 36.1 Å². The van der Waals surface area contributed by atoms with E-state index in [2.05, 4.69) is 16.0 Å². The average molecular weight is 387 g/mol. The number of hydrogen-bond donors (Lipinski definition) is 3. The molecule has 0 unspecified atom stereocenters. The van der Waals surface area contributed by atoms with Gasteiger partial charge in [0.25, 0.3) is 0 Å². The molecule has 2 aromatic rings. The summed E-state index contributed by atoms with van der Waals surface area (Å²) in [5.41, 5.74) is 1.15. The van der Waals surface area contributed by atoms with Crippen molar-refractivity contribution >= 4 is 34.8 Å². The molecule has 0 heterocycles. The van der Waals surface area contributed by atoms with E-state index >= 15 is 0 Å². The number of amides is 3. The largest absolute Gasteiger partial charge is 0.493 e. The average Bonchev–Trinajstić information content (AvgIpc) is 2.66. The Hall–Kier alpha value is -3.75. The maximum atomic E-state index is 12.2. The molecule has 0 radical (unpaired) electrons. The fraction of sp³-hybridized carbons (Fsp3) is 0.211. The third-order valence-electron chi connectivity index (χ3n) is 3.57. The van der Waals surface area contributed by atoms with Crippen LogP contribution in [0.2, 0.25) is 0 Å². The summed E-state index contributed by atoms with van der Waals surface area (Å²) in [5, 5.41) is 7.53. The van der Waals surface area contributed by atoms with Gasteiger partial charge in [-0.3, -0.25) is 14.4 Å². The van der Waals surface area contributed by atoms with Crippen molar-refractivity contribution in [1.82, 2.24) is 0 Å². The lowest BCUT2D eigenvalue weighted by atomic mass is 10.2. The molecule has 0 saturated carbocycles. The molecular formula is C19H21N3O6. The third-order valence-corrected chi connectivity index (χ3v) is 3.57. The molecule has 0 aliphatic carbocycles. The second kappa shape index (κ2) is 9.26. The molecule has 9 nitrogen and oxygen atoms in total. The van der Waals surface area contributed by atoms with E-state index in [0.29, 0.717) is 34.3 Å². The monoisotopic (exact) mass is 387 g/mol. The summed E-state index contributed by atoms with van der Waals surface area (Å²) in [6.45, 7) is 1.37. The van der Waals surface area contributed by atoms with Crippen LogP contribution < -0.4 is 30.2 Å². The van der Waals surface area contributed by atoms with Crippen LogP contribution in [-0.2, 0) is 14.4 Å². The maximum Gasteiger partial charge on any atom is 0.314 e. The van der Waals surface area contributed by atoms with Crippen LogP contribution in [0, 0.1) is 0 Å². The first kappa shape index (κ1) is 20.6. The number of hydrogen-bond acceptors (Lipinski definition) is 6.